The molecule has 0 bridgehead atoms. The van der Waals surface area contributed by atoms with Gasteiger partial charge in [0.15, 0.2) is 30.1 Å². The Balaban J connectivity index is 2.84. The third-order valence-corrected chi connectivity index (χ3v) is 7.80. The highest BCUT2D eigenvalue weighted by molar-refractivity contribution is 7.48. The summed E-state index contributed by atoms with van der Waals surface area (Å²) < 4.78 is 81.7. The van der Waals surface area contributed by atoms with Crippen molar-refractivity contribution in [3.05, 3.63) is 57.9 Å². The molecular formula is C24H30F5O2P. The Morgan fingerprint density at radius 3 is 1.72 bits per heavy atom. The van der Waals surface area contributed by atoms with E-state index in [0.29, 0.717) is 24.2 Å². The van der Waals surface area contributed by atoms with Crippen molar-refractivity contribution in [2.75, 3.05) is 13.9 Å². The average molecular weight is 476 g/mol. The third kappa shape index (κ3) is 4.94. The van der Waals surface area contributed by atoms with E-state index in [1.165, 1.54) is 7.11 Å². The van der Waals surface area contributed by atoms with Crippen LogP contribution >= 0.6 is 8.58 Å². The number of methoxy groups -OCH3 is 1. The highest BCUT2D eigenvalue weighted by atomic mass is 31.1. The van der Waals surface area contributed by atoms with Crippen molar-refractivity contribution in [3.8, 4) is 5.75 Å². The lowest BCUT2D eigenvalue weighted by Gasteiger charge is -2.37. The molecule has 8 heteroatoms. The van der Waals surface area contributed by atoms with Crippen LogP contribution in [0.1, 0.15) is 64.2 Å². The van der Waals surface area contributed by atoms with E-state index >= 15 is 0 Å². The van der Waals surface area contributed by atoms with Gasteiger partial charge >= 0.3 is 0 Å². The Morgan fingerprint density at radius 1 is 0.812 bits per heavy atom. The van der Waals surface area contributed by atoms with Crippen LogP contribution in [0.15, 0.2) is 12.1 Å². The van der Waals surface area contributed by atoms with Crippen molar-refractivity contribution >= 4 is 13.9 Å². The molecule has 0 aliphatic carbocycles. The summed E-state index contributed by atoms with van der Waals surface area (Å²) in [6.45, 7) is 11.6. The van der Waals surface area contributed by atoms with Crippen molar-refractivity contribution in [2.24, 2.45) is 0 Å². The molecule has 2 aromatic rings. The van der Waals surface area contributed by atoms with Gasteiger partial charge in [0.1, 0.15) is 5.75 Å². The molecule has 0 fully saturated rings. The van der Waals surface area contributed by atoms with Gasteiger partial charge in [-0.25, -0.2) is 22.0 Å². The largest absolute Gasteiger partial charge is 0.467 e. The van der Waals surface area contributed by atoms with Gasteiger partial charge in [-0.3, -0.25) is 0 Å². The topological polar surface area (TPSA) is 18.5 Å². The Bertz CT molecular complexity index is 953. The van der Waals surface area contributed by atoms with Gasteiger partial charge in [-0.1, -0.05) is 60.9 Å². The van der Waals surface area contributed by atoms with Gasteiger partial charge in [0, 0.05) is 23.4 Å². The minimum Gasteiger partial charge on any atom is -0.467 e. The maximum atomic E-state index is 14.6. The van der Waals surface area contributed by atoms with E-state index in [-0.39, 0.29) is 12.2 Å². The number of halogens is 5. The summed E-state index contributed by atoms with van der Waals surface area (Å²) in [4.78, 5) is 0. The smallest absolute Gasteiger partial charge is 0.200 e. The van der Waals surface area contributed by atoms with Crippen LogP contribution in [0.5, 0.6) is 5.75 Å². The van der Waals surface area contributed by atoms with Crippen LogP contribution in [-0.4, -0.2) is 13.9 Å². The standard InChI is InChI=1S/C24H30F5O2P/c1-8-24(9-2,32-22-19(28)17(26)16(25)18(27)20(22)29)15-11-13(3)10-14(23(4,5)6)21(15)31-12-30-7/h10-11,32H,8-9,12H2,1-7H3. The molecule has 0 saturated heterocycles. The lowest BCUT2D eigenvalue weighted by Crippen LogP contribution is -2.28. The van der Waals surface area contributed by atoms with Gasteiger partial charge < -0.3 is 9.47 Å². The van der Waals surface area contributed by atoms with E-state index < -0.39 is 48.1 Å². The molecule has 0 radical (unpaired) electrons. The Morgan fingerprint density at radius 2 is 1.28 bits per heavy atom. The maximum absolute atomic E-state index is 14.6. The second-order valence-corrected chi connectivity index (χ2v) is 10.6. The first kappa shape index (κ1) is 26.5. The molecule has 0 N–H and O–H groups in total. The summed E-state index contributed by atoms with van der Waals surface area (Å²) in [5.41, 5.74) is 2.12. The average Bonchev–Trinajstić information content (AvgIpc) is 2.75. The molecule has 0 amide bonds. The predicted octanol–water partition coefficient (Wildman–Crippen LogP) is 6.99. The van der Waals surface area contributed by atoms with Crippen molar-refractivity contribution < 1.29 is 31.4 Å². The second kappa shape index (κ2) is 10.0. The second-order valence-electron chi connectivity index (χ2n) is 8.85. The summed E-state index contributed by atoms with van der Waals surface area (Å²) >= 11 is 0. The first-order chi connectivity index (χ1) is 14.8. The lowest BCUT2D eigenvalue weighted by molar-refractivity contribution is 0.0485. The summed E-state index contributed by atoms with van der Waals surface area (Å²) in [7, 11) is 0.771. The molecule has 1 unspecified atom stereocenters. The summed E-state index contributed by atoms with van der Waals surface area (Å²) in [6.07, 6.45) is 0.801. The van der Waals surface area contributed by atoms with Crippen LogP contribution in [-0.2, 0) is 15.3 Å². The maximum Gasteiger partial charge on any atom is 0.200 e. The van der Waals surface area contributed by atoms with E-state index in [2.05, 4.69) is 0 Å². The molecule has 1 atom stereocenters. The SMILES string of the molecule is CCC(CC)(Pc1c(F)c(F)c(F)c(F)c1F)c1cc(C)cc(C(C)(C)C)c1OCOC. The highest BCUT2D eigenvalue weighted by Crippen LogP contribution is 2.53. The Kier molecular flexibility index (Phi) is 8.33. The van der Waals surface area contributed by atoms with Crippen molar-refractivity contribution in [2.45, 2.75) is 65.0 Å². The van der Waals surface area contributed by atoms with E-state index in [1.54, 1.807) is 0 Å². The van der Waals surface area contributed by atoms with Crippen molar-refractivity contribution in [1.29, 1.82) is 0 Å². The number of hydrogen-bond donors (Lipinski definition) is 0. The first-order valence-corrected chi connectivity index (χ1v) is 11.4. The van der Waals surface area contributed by atoms with Gasteiger partial charge in [0.05, 0.1) is 5.30 Å². The zero-order valence-corrected chi connectivity index (χ0v) is 20.5. The zero-order valence-electron chi connectivity index (χ0n) is 19.5. The molecule has 0 spiro atoms. The molecule has 0 saturated carbocycles. The van der Waals surface area contributed by atoms with E-state index in [9.17, 15) is 22.0 Å². The molecule has 2 nitrogen and oxygen atoms in total. The Hall–Kier alpha value is -1.72. The van der Waals surface area contributed by atoms with Gasteiger partial charge in [-0.05, 0) is 25.2 Å². The molecule has 32 heavy (non-hydrogen) atoms. The number of aryl methyl sites for hydroxylation is 1. The Labute approximate surface area is 188 Å². The minimum absolute atomic E-state index is 0.0473. The lowest BCUT2D eigenvalue weighted by atomic mass is 9.80. The molecule has 178 valence electrons. The molecule has 2 rings (SSSR count). The number of hydrogen-bond acceptors (Lipinski definition) is 2. The molecule has 0 aromatic heterocycles. The van der Waals surface area contributed by atoms with Crippen LogP contribution in [0.25, 0.3) is 0 Å². The van der Waals surface area contributed by atoms with Crippen molar-refractivity contribution in [1.82, 2.24) is 0 Å². The number of ether oxygens (including phenoxy) is 2. The number of rotatable bonds is 8. The van der Waals surface area contributed by atoms with Crippen LogP contribution in [0.3, 0.4) is 0 Å². The molecule has 0 aliphatic heterocycles. The quantitative estimate of drug-likeness (QED) is 0.134. The van der Waals surface area contributed by atoms with Crippen LogP contribution in [0, 0.1) is 36.0 Å². The van der Waals surface area contributed by atoms with Crippen LogP contribution < -0.4 is 10.0 Å². The summed E-state index contributed by atoms with van der Waals surface area (Å²) in [6, 6.07) is 3.85. The van der Waals surface area contributed by atoms with E-state index in [1.807, 2.05) is 53.7 Å². The fourth-order valence-corrected chi connectivity index (χ4v) is 5.38. The normalized spacial score (nSPS) is 12.8. The van der Waals surface area contributed by atoms with Crippen molar-refractivity contribution in [3.63, 3.8) is 0 Å². The van der Waals surface area contributed by atoms with Crippen LogP contribution in [0.4, 0.5) is 22.0 Å². The van der Waals surface area contributed by atoms with Gasteiger partial charge in [-0.2, -0.15) is 0 Å². The van der Waals surface area contributed by atoms with Gasteiger partial charge in [0.25, 0.3) is 0 Å². The number of benzene rings is 2. The van der Waals surface area contributed by atoms with Gasteiger partial charge in [-0.15, -0.1) is 0 Å². The minimum atomic E-state index is -2.15. The zero-order chi connectivity index (χ0) is 24.4. The highest BCUT2D eigenvalue weighted by Gasteiger charge is 2.38. The molecule has 2 aromatic carbocycles. The van der Waals surface area contributed by atoms with E-state index in [0.717, 1.165) is 11.1 Å². The third-order valence-electron chi connectivity index (χ3n) is 5.66. The monoisotopic (exact) mass is 476 g/mol. The van der Waals surface area contributed by atoms with E-state index in [4.69, 9.17) is 9.47 Å². The summed E-state index contributed by atoms with van der Waals surface area (Å²) in [5, 5.41) is -1.70. The summed E-state index contributed by atoms with van der Waals surface area (Å²) in [5.74, 6) is -9.05. The predicted molar refractivity (Wildman–Crippen MR) is 119 cm³/mol. The van der Waals surface area contributed by atoms with Gasteiger partial charge in [0.2, 0.25) is 5.82 Å². The first-order valence-electron chi connectivity index (χ1n) is 10.4. The fraction of sp³-hybridized carbons (Fsp3) is 0.500. The fourth-order valence-electron chi connectivity index (χ4n) is 3.79. The van der Waals surface area contributed by atoms with Crippen LogP contribution in [0.2, 0.25) is 0 Å². The molecular weight excluding hydrogens is 446 g/mol. The molecule has 0 aliphatic rings. The molecule has 0 heterocycles.